The van der Waals surface area contributed by atoms with Crippen molar-refractivity contribution in [2.24, 2.45) is 0 Å². The summed E-state index contributed by atoms with van der Waals surface area (Å²) >= 11 is 0. The predicted octanol–water partition coefficient (Wildman–Crippen LogP) is 0.456. The fraction of sp³-hybridized carbons (Fsp3) is 0.778. The van der Waals surface area contributed by atoms with Crippen molar-refractivity contribution in [2.75, 3.05) is 0 Å². The molecule has 1 saturated heterocycles. The third kappa shape index (κ3) is 2.90. The number of ether oxygens (including phenoxy) is 2. The highest BCUT2D eigenvalue weighted by atomic mass is 16.7. The molecule has 0 aromatic carbocycles. The molecule has 0 aromatic rings. The summed E-state index contributed by atoms with van der Waals surface area (Å²) in [6.07, 6.45) is -1.27. The molecule has 6 heteroatoms. The van der Waals surface area contributed by atoms with Crippen molar-refractivity contribution >= 4 is 11.9 Å². The van der Waals surface area contributed by atoms with Crippen LogP contribution < -0.4 is 0 Å². The van der Waals surface area contributed by atoms with Crippen LogP contribution in [-0.2, 0) is 19.1 Å². The number of carbonyl (C=O) groups is 2. The van der Waals surface area contributed by atoms with Crippen LogP contribution in [0.1, 0.15) is 26.2 Å². The van der Waals surface area contributed by atoms with Gasteiger partial charge in [0.15, 0.2) is 18.5 Å². The maximum Gasteiger partial charge on any atom is 0.336 e. The van der Waals surface area contributed by atoms with Gasteiger partial charge in [0.2, 0.25) is 0 Å². The zero-order valence-electron chi connectivity index (χ0n) is 8.38. The van der Waals surface area contributed by atoms with Crippen LogP contribution in [0.3, 0.4) is 0 Å². The minimum absolute atomic E-state index is 0.518. The van der Waals surface area contributed by atoms with Gasteiger partial charge in [-0.2, -0.15) is 0 Å². The summed E-state index contributed by atoms with van der Waals surface area (Å²) in [5.74, 6) is -2.61. The molecule has 0 radical (unpaired) electrons. The fourth-order valence-electron chi connectivity index (χ4n) is 1.38. The summed E-state index contributed by atoms with van der Waals surface area (Å²) in [4.78, 5) is 21.3. The highest BCUT2D eigenvalue weighted by Gasteiger charge is 2.45. The van der Waals surface area contributed by atoms with Gasteiger partial charge in [0.05, 0.1) is 0 Å². The van der Waals surface area contributed by atoms with Crippen molar-refractivity contribution in [3.8, 4) is 0 Å². The van der Waals surface area contributed by atoms with E-state index in [1.165, 1.54) is 0 Å². The lowest BCUT2D eigenvalue weighted by molar-refractivity contribution is -0.156. The number of carboxylic acids is 2. The summed E-state index contributed by atoms with van der Waals surface area (Å²) in [6, 6.07) is 0. The summed E-state index contributed by atoms with van der Waals surface area (Å²) in [5, 5.41) is 17.4. The standard InChI is InChI=1S/C9H14O6/c1-2-3-4-5-14-6(8(10)11)7(15-5)9(12)13/h5-7H,2-4H2,1H3,(H,10,11)(H,12,13). The molecule has 6 nitrogen and oxygen atoms in total. The van der Waals surface area contributed by atoms with Crippen molar-refractivity contribution in [2.45, 2.75) is 44.7 Å². The van der Waals surface area contributed by atoms with Gasteiger partial charge in [0.25, 0.3) is 0 Å². The Labute approximate surface area is 86.8 Å². The van der Waals surface area contributed by atoms with Crippen LogP contribution in [0.5, 0.6) is 0 Å². The molecule has 0 aromatic heterocycles. The molecule has 0 spiro atoms. The van der Waals surface area contributed by atoms with Gasteiger partial charge in [0.1, 0.15) is 0 Å². The van der Waals surface area contributed by atoms with Gasteiger partial charge in [-0.05, 0) is 12.8 Å². The van der Waals surface area contributed by atoms with Crippen LogP contribution in [0.4, 0.5) is 0 Å². The largest absolute Gasteiger partial charge is 0.479 e. The number of hydrogen-bond donors (Lipinski definition) is 2. The van der Waals surface area contributed by atoms with Crippen LogP contribution in [0.2, 0.25) is 0 Å². The first-order valence-electron chi connectivity index (χ1n) is 4.82. The van der Waals surface area contributed by atoms with E-state index >= 15 is 0 Å². The summed E-state index contributed by atoms with van der Waals surface area (Å²) in [5.41, 5.74) is 0. The van der Waals surface area contributed by atoms with E-state index in [9.17, 15) is 9.59 Å². The average Bonchev–Trinajstić information content (AvgIpc) is 2.58. The molecule has 2 N–H and O–H groups in total. The molecule has 0 aliphatic carbocycles. The number of hydrogen-bond acceptors (Lipinski definition) is 4. The zero-order chi connectivity index (χ0) is 11.4. The van der Waals surface area contributed by atoms with Crippen LogP contribution >= 0.6 is 0 Å². The molecule has 0 bridgehead atoms. The van der Waals surface area contributed by atoms with E-state index in [2.05, 4.69) is 0 Å². The Morgan fingerprint density at radius 3 is 1.93 bits per heavy atom. The molecule has 1 rings (SSSR count). The molecule has 1 aliphatic heterocycles. The van der Waals surface area contributed by atoms with Crippen molar-refractivity contribution < 1.29 is 29.3 Å². The van der Waals surface area contributed by atoms with Gasteiger partial charge in [0, 0.05) is 0 Å². The lowest BCUT2D eigenvalue weighted by Crippen LogP contribution is -2.36. The molecule has 1 heterocycles. The highest BCUT2D eigenvalue weighted by molar-refractivity contribution is 5.84. The summed E-state index contributed by atoms with van der Waals surface area (Å²) < 4.78 is 9.99. The molecular formula is C9H14O6. The second-order valence-corrected chi connectivity index (χ2v) is 3.36. The number of aliphatic carboxylic acids is 2. The lowest BCUT2D eigenvalue weighted by atomic mass is 10.2. The van der Waals surface area contributed by atoms with Gasteiger partial charge in [-0.15, -0.1) is 0 Å². The fourth-order valence-corrected chi connectivity index (χ4v) is 1.38. The Hall–Kier alpha value is -1.14. The SMILES string of the molecule is CCCCC1OC(C(=O)O)C(C(=O)O)O1. The Balaban J connectivity index is 2.57. The second-order valence-electron chi connectivity index (χ2n) is 3.36. The summed E-state index contributed by atoms with van der Waals surface area (Å²) in [7, 11) is 0. The monoisotopic (exact) mass is 218 g/mol. The van der Waals surface area contributed by atoms with Crippen molar-refractivity contribution in [3.05, 3.63) is 0 Å². The van der Waals surface area contributed by atoms with E-state index in [1.807, 2.05) is 6.92 Å². The molecule has 2 unspecified atom stereocenters. The molecular weight excluding hydrogens is 204 g/mol. The van der Waals surface area contributed by atoms with E-state index in [-0.39, 0.29) is 0 Å². The van der Waals surface area contributed by atoms with Crippen molar-refractivity contribution in [1.82, 2.24) is 0 Å². The van der Waals surface area contributed by atoms with E-state index in [4.69, 9.17) is 19.7 Å². The van der Waals surface area contributed by atoms with Crippen LogP contribution in [0.25, 0.3) is 0 Å². The molecule has 15 heavy (non-hydrogen) atoms. The first kappa shape index (κ1) is 11.9. The van der Waals surface area contributed by atoms with E-state index in [1.54, 1.807) is 0 Å². The topological polar surface area (TPSA) is 93.1 Å². The first-order valence-corrected chi connectivity index (χ1v) is 4.82. The molecule has 1 fully saturated rings. The zero-order valence-corrected chi connectivity index (χ0v) is 8.38. The third-order valence-corrected chi connectivity index (χ3v) is 2.15. The minimum Gasteiger partial charge on any atom is -0.479 e. The van der Waals surface area contributed by atoms with Crippen LogP contribution in [-0.4, -0.2) is 40.6 Å². The Morgan fingerprint density at radius 1 is 1.13 bits per heavy atom. The quantitative estimate of drug-likeness (QED) is 0.696. The van der Waals surface area contributed by atoms with Gasteiger partial charge in [-0.25, -0.2) is 9.59 Å². The van der Waals surface area contributed by atoms with E-state index in [0.717, 1.165) is 12.8 Å². The molecule has 0 saturated carbocycles. The Kier molecular flexibility index (Phi) is 4.05. The molecule has 1 aliphatic rings. The van der Waals surface area contributed by atoms with Crippen molar-refractivity contribution in [1.29, 1.82) is 0 Å². The normalized spacial score (nSPS) is 30.3. The minimum atomic E-state index is -1.40. The second kappa shape index (κ2) is 5.09. The predicted molar refractivity (Wildman–Crippen MR) is 48.3 cm³/mol. The van der Waals surface area contributed by atoms with E-state index in [0.29, 0.717) is 6.42 Å². The van der Waals surface area contributed by atoms with E-state index < -0.39 is 30.4 Å². The van der Waals surface area contributed by atoms with Crippen molar-refractivity contribution in [3.63, 3.8) is 0 Å². The summed E-state index contributed by atoms with van der Waals surface area (Å²) in [6.45, 7) is 1.97. The first-order chi connectivity index (χ1) is 7.06. The molecule has 0 amide bonds. The lowest BCUT2D eigenvalue weighted by Gasteiger charge is -2.07. The maximum atomic E-state index is 10.7. The maximum absolute atomic E-state index is 10.7. The number of unbranched alkanes of at least 4 members (excludes halogenated alkanes) is 1. The van der Waals surface area contributed by atoms with Gasteiger partial charge < -0.3 is 19.7 Å². The van der Waals surface area contributed by atoms with Gasteiger partial charge in [-0.1, -0.05) is 13.3 Å². The molecule has 86 valence electrons. The molecule has 2 atom stereocenters. The Bertz CT molecular complexity index is 229. The third-order valence-electron chi connectivity index (χ3n) is 2.15. The van der Waals surface area contributed by atoms with Gasteiger partial charge >= 0.3 is 11.9 Å². The average molecular weight is 218 g/mol. The van der Waals surface area contributed by atoms with Crippen LogP contribution in [0, 0.1) is 0 Å². The number of carboxylic acid groups (broad SMARTS) is 2. The number of rotatable bonds is 5. The van der Waals surface area contributed by atoms with Crippen LogP contribution in [0.15, 0.2) is 0 Å². The highest BCUT2D eigenvalue weighted by Crippen LogP contribution is 2.23. The van der Waals surface area contributed by atoms with Gasteiger partial charge in [-0.3, -0.25) is 0 Å². The smallest absolute Gasteiger partial charge is 0.336 e. The Morgan fingerprint density at radius 2 is 1.60 bits per heavy atom.